The van der Waals surface area contributed by atoms with Gasteiger partial charge in [-0.15, -0.1) is 0 Å². The standard InChI is InChI=1S/C19H20N4O2/c1-12(2)16(21-18(24)14-9-7-13(3)8-10-14)19-22-17(23-25-19)15-6-4-5-11-20-15/h4-12,16H,1-3H3,(H,21,24). The summed E-state index contributed by atoms with van der Waals surface area (Å²) in [6.45, 7) is 5.96. The molecule has 128 valence electrons. The summed E-state index contributed by atoms with van der Waals surface area (Å²) in [5.41, 5.74) is 2.33. The van der Waals surface area contributed by atoms with Gasteiger partial charge in [-0.05, 0) is 37.1 Å². The molecule has 0 aliphatic rings. The molecular weight excluding hydrogens is 316 g/mol. The molecule has 0 saturated heterocycles. The van der Waals surface area contributed by atoms with E-state index in [1.54, 1.807) is 18.3 Å². The van der Waals surface area contributed by atoms with E-state index in [4.69, 9.17) is 4.52 Å². The molecule has 6 nitrogen and oxygen atoms in total. The third kappa shape index (κ3) is 3.91. The largest absolute Gasteiger partial charge is 0.340 e. The van der Waals surface area contributed by atoms with Gasteiger partial charge in [0.15, 0.2) is 0 Å². The number of carbonyl (C=O) groups excluding carboxylic acids is 1. The fraction of sp³-hybridized carbons (Fsp3) is 0.263. The van der Waals surface area contributed by atoms with Gasteiger partial charge in [-0.2, -0.15) is 4.98 Å². The predicted molar refractivity (Wildman–Crippen MR) is 93.8 cm³/mol. The number of nitrogens with zero attached hydrogens (tertiary/aromatic N) is 3. The molecule has 1 aromatic carbocycles. The molecule has 0 aliphatic heterocycles. The highest BCUT2D eigenvalue weighted by molar-refractivity contribution is 5.94. The highest BCUT2D eigenvalue weighted by Crippen LogP contribution is 2.23. The van der Waals surface area contributed by atoms with Gasteiger partial charge in [0.05, 0.1) is 0 Å². The quantitative estimate of drug-likeness (QED) is 0.770. The molecule has 0 aliphatic carbocycles. The lowest BCUT2D eigenvalue weighted by Gasteiger charge is -2.18. The van der Waals surface area contributed by atoms with Crippen LogP contribution in [0.1, 0.15) is 41.7 Å². The number of benzene rings is 1. The van der Waals surface area contributed by atoms with Crippen molar-refractivity contribution in [1.82, 2.24) is 20.4 Å². The lowest BCUT2D eigenvalue weighted by molar-refractivity contribution is 0.0914. The van der Waals surface area contributed by atoms with Gasteiger partial charge in [-0.1, -0.05) is 42.8 Å². The summed E-state index contributed by atoms with van der Waals surface area (Å²) < 4.78 is 5.38. The Hall–Kier alpha value is -3.02. The number of carbonyl (C=O) groups is 1. The van der Waals surface area contributed by atoms with E-state index in [0.717, 1.165) is 5.56 Å². The molecule has 3 rings (SSSR count). The molecule has 1 unspecified atom stereocenters. The smallest absolute Gasteiger partial charge is 0.251 e. The van der Waals surface area contributed by atoms with Crippen molar-refractivity contribution in [3.63, 3.8) is 0 Å². The van der Waals surface area contributed by atoms with Crippen LogP contribution in [0, 0.1) is 12.8 Å². The minimum absolute atomic E-state index is 0.0893. The van der Waals surface area contributed by atoms with Crippen LogP contribution in [0.2, 0.25) is 0 Å². The SMILES string of the molecule is Cc1ccc(C(=O)NC(c2nc(-c3ccccn3)no2)C(C)C)cc1. The molecule has 6 heteroatoms. The fourth-order valence-electron chi connectivity index (χ4n) is 2.40. The number of rotatable bonds is 5. The van der Waals surface area contributed by atoms with Crippen LogP contribution in [0.5, 0.6) is 0 Å². The molecule has 2 aromatic heterocycles. The van der Waals surface area contributed by atoms with Crippen molar-refractivity contribution in [3.05, 3.63) is 65.7 Å². The molecule has 1 N–H and O–H groups in total. The minimum Gasteiger partial charge on any atom is -0.340 e. The molecule has 2 heterocycles. The van der Waals surface area contributed by atoms with E-state index in [-0.39, 0.29) is 17.9 Å². The number of aryl methyl sites for hydroxylation is 1. The summed E-state index contributed by atoms with van der Waals surface area (Å²) in [5, 5.41) is 6.96. The number of hydrogen-bond acceptors (Lipinski definition) is 5. The van der Waals surface area contributed by atoms with Gasteiger partial charge in [-0.3, -0.25) is 9.78 Å². The first-order valence-corrected chi connectivity index (χ1v) is 8.17. The summed E-state index contributed by atoms with van der Waals surface area (Å²) in [6, 6.07) is 12.5. The zero-order valence-electron chi connectivity index (χ0n) is 14.4. The van der Waals surface area contributed by atoms with Gasteiger partial charge >= 0.3 is 0 Å². The third-order valence-electron chi connectivity index (χ3n) is 3.87. The molecule has 1 atom stereocenters. The Morgan fingerprint density at radius 1 is 1.12 bits per heavy atom. The highest BCUT2D eigenvalue weighted by Gasteiger charge is 2.25. The molecule has 0 spiro atoms. The molecular formula is C19H20N4O2. The topological polar surface area (TPSA) is 80.9 Å². The number of hydrogen-bond donors (Lipinski definition) is 1. The summed E-state index contributed by atoms with van der Waals surface area (Å²) >= 11 is 0. The number of amides is 1. The van der Waals surface area contributed by atoms with E-state index in [1.807, 2.05) is 51.1 Å². The molecule has 25 heavy (non-hydrogen) atoms. The van der Waals surface area contributed by atoms with Crippen LogP contribution >= 0.6 is 0 Å². The van der Waals surface area contributed by atoms with E-state index in [9.17, 15) is 4.79 Å². The number of pyridine rings is 1. The van der Waals surface area contributed by atoms with Crippen molar-refractivity contribution in [2.45, 2.75) is 26.8 Å². The van der Waals surface area contributed by atoms with Gasteiger partial charge in [0.25, 0.3) is 5.91 Å². The Balaban J connectivity index is 1.81. The Morgan fingerprint density at radius 2 is 1.88 bits per heavy atom. The van der Waals surface area contributed by atoms with Crippen LogP contribution in [-0.2, 0) is 0 Å². The van der Waals surface area contributed by atoms with Crippen molar-refractivity contribution in [2.24, 2.45) is 5.92 Å². The fourth-order valence-corrected chi connectivity index (χ4v) is 2.40. The van der Waals surface area contributed by atoms with Crippen LogP contribution in [0.3, 0.4) is 0 Å². The van der Waals surface area contributed by atoms with Crippen LogP contribution in [0.4, 0.5) is 0 Å². The zero-order valence-corrected chi connectivity index (χ0v) is 14.4. The second kappa shape index (κ2) is 7.25. The third-order valence-corrected chi connectivity index (χ3v) is 3.87. The maximum absolute atomic E-state index is 12.5. The minimum atomic E-state index is -0.376. The summed E-state index contributed by atoms with van der Waals surface area (Å²) in [5.74, 6) is 0.699. The first-order chi connectivity index (χ1) is 12.0. The monoisotopic (exact) mass is 336 g/mol. The highest BCUT2D eigenvalue weighted by atomic mass is 16.5. The second-order valence-electron chi connectivity index (χ2n) is 6.23. The Bertz CT molecular complexity index is 841. The first-order valence-electron chi connectivity index (χ1n) is 8.17. The van der Waals surface area contributed by atoms with Gasteiger partial charge < -0.3 is 9.84 Å². The number of aromatic nitrogens is 3. The Morgan fingerprint density at radius 3 is 2.52 bits per heavy atom. The van der Waals surface area contributed by atoms with E-state index in [0.29, 0.717) is 23.0 Å². The molecule has 0 fully saturated rings. The lowest BCUT2D eigenvalue weighted by atomic mass is 10.0. The maximum Gasteiger partial charge on any atom is 0.251 e. The summed E-state index contributed by atoms with van der Waals surface area (Å²) in [7, 11) is 0. The van der Waals surface area contributed by atoms with Gasteiger partial charge in [-0.25, -0.2) is 0 Å². The maximum atomic E-state index is 12.5. The van der Waals surface area contributed by atoms with Gasteiger partial charge in [0, 0.05) is 11.8 Å². The van der Waals surface area contributed by atoms with Crippen LogP contribution in [-0.4, -0.2) is 21.0 Å². The van der Waals surface area contributed by atoms with Crippen molar-refractivity contribution in [1.29, 1.82) is 0 Å². The van der Waals surface area contributed by atoms with Crippen molar-refractivity contribution in [2.75, 3.05) is 0 Å². The normalized spacial score (nSPS) is 12.2. The van der Waals surface area contributed by atoms with Crippen LogP contribution < -0.4 is 5.32 Å². The molecule has 0 radical (unpaired) electrons. The first kappa shape index (κ1) is 16.8. The average molecular weight is 336 g/mol. The van der Waals surface area contributed by atoms with Crippen molar-refractivity contribution in [3.8, 4) is 11.5 Å². The molecule has 0 bridgehead atoms. The van der Waals surface area contributed by atoms with Crippen LogP contribution in [0.15, 0.2) is 53.2 Å². The number of nitrogens with one attached hydrogen (secondary N) is 1. The van der Waals surface area contributed by atoms with E-state index in [1.165, 1.54) is 0 Å². The molecule has 1 amide bonds. The Kier molecular flexibility index (Phi) is 4.88. The average Bonchev–Trinajstić information content (AvgIpc) is 3.10. The van der Waals surface area contributed by atoms with Gasteiger partial charge in [0.2, 0.25) is 11.7 Å². The lowest BCUT2D eigenvalue weighted by Crippen LogP contribution is -2.32. The van der Waals surface area contributed by atoms with Crippen molar-refractivity contribution < 1.29 is 9.32 Å². The predicted octanol–water partition coefficient (Wildman–Crippen LogP) is 3.57. The molecule has 3 aromatic rings. The summed E-state index contributed by atoms with van der Waals surface area (Å²) in [6.07, 6.45) is 1.67. The van der Waals surface area contributed by atoms with Crippen LogP contribution in [0.25, 0.3) is 11.5 Å². The van der Waals surface area contributed by atoms with E-state index >= 15 is 0 Å². The van der Waals surface area contributed by atoms with Crippen molar-refractivity contribution >= 4 is 5.91 Å². The molecule has 0 saturated carbocycles. The second-order valence-corrected chi connectivity index (χ2v) is 6.23. The van der Waals surface area contributed by atoms with E-state index in [2.05, 4.69) is 20.4 Å². The van der Waals surface area contributed by atoms with Gasteiger partial charge in [0.1, 0.15) is 11.7 Å². The Labute approximate surface area is 146 Å². The summed E-state index contributed by atoms with van der Waals surface area (Å²) in [4.78, 5) is 21.1. The zero-order chi connectivity index (χ0) is 17.8. The van der Waals surface area contributed by atoms with E-state index < -0.39 is 0 Å².